The summed E-state index contributed by atoms with van der Waals surface area (Å²) < 4.78 is 32.0. The molecule has 178 valence electrons. The number of allylic oxidation sites excluding steroid dienone is 4. The molecular formula is C22H28FNaO8P-. The quantitative estimate of drug-likeness (QED) is 0.330. The zero-order valence-corrected chi connectivity index (χ0v) is 22.1. The first-order chi connectivity index (χ1) is 14.6. The van der Waals surface area contributed by atoms with Crippen LogP contribution in [0.1, 0.15) is 46.5 Å². The molecule has 0 radical (unpaired) electrons. The van der Waals surface area contributed by atoms with E-state index >= 15 is 4.39 Å². The standard InChI is InChI=1S/C22H30FO8P.Na/c1-12-8-16-15-5-4-13-9-14(24)6-7-19(13,2)21(15,23)17(25)10-20(16,3)22(12,27)18(26)11-31-32(28,29)30;/h6-7,9,12,15-17,25,27H,4-5,8,10-11H2,1-3H3,(H2,28,29,30);/q;+1/p-2/t12-,15+,16+,17+,19?,20?,21+,22+;/m1./s1. The third-order valence-electron chi connectivity index (χ3n) is 9.00. The van der Waals surface area contributed by atoms with Crippen molar-refractivity contribution in [2.24, 2.45) is 28.6 Å². The molecule has 2 unspecified atom stereocenters. The number of ketones is 2. The van der Waals surface area contributed by atoms with Gasteiger partial charge in [0.2, 0.25) is 0 Å². The van der Waals surface area contributed by atoms with E-state index in [1.54, 1.807) is 20.8 Å². The molecule has 8 atom stereocenters. The summed E-state index contributed by atoms with van der Waals surface area (Å²) in [5.74, 6) is -3.06. The van der Waals surface area contributed by atoms with Gasteiger partial charge in [-0.05, 0) is 56.6 Å². The molecule has 2 N–H and O–H groups in total. The van der Waals surface area contributed by atoms with Crippen LogP contribution in [0.2, 0.25) is 0 Å². The summed E-state index contributed by atoms with van der Waals surface area (Å²) in [6, 6.07) is 0. The Kier molecular flexibility index (Phi) is 6.99. The minimum absolute atomic E-state index is 0. The van der Waals surface area contributed by atoms with Crippen LogP contribution < -0.4 is 39.3 Å². The largest absolute Gasteiger partial charge is 1.00 e. The molecule has 4 aliphatic carbocycles. The molecule has 4 aliphatic rings. The van der Waals surface area contributed by atoms with Gasteiger partial charge in [0.25, 0.3) is 0 Å². The van der Waals surface area contributed by atoms with E-state index in [1.165, 1.54) is 18.2 Å². The summed E-state index contributed by atoms with van der Waals surface area (Å²) in [5.41, 5.74) is -6.03. The Balaban J connectivity index is 0.00000306. The fourth-order valence-corrected chi connectivity index (χ4v) is 7.66. The SMILES string of the molecule is C[C@@H]1C[C@H]2[C@@H]3CCC4=CC(=O)C=CC4(C)[C@@]3(F)[C@@H](O)CC2(C)[C@@]1(O)C(=O)COP(=O)([O-])[O-].[Na+]. The molecule has 0 aromatic rings. The normalized spacial score (nSPS) is 46.5. The Bertz CT molecular complexity index is 979. The number of phosphoric ester groups is 1. The monoisotopic (exact) mass is 493 g/mol. The number of phosphoric acid groups is 1. The molecule has 0 saturated heterocycles. The smallest absolute Gasteiger partial charge is 0.790 e. The second-order valence-electron chi connectivity index (χ2n) is 10.3. The van der Waals surface area contributed by atoms with Gasteiger partial charge in [-0.3, -0.25) is 9.59 Å². The van der Waals surface area contributed by atoms with Gasteiger partial charge in [0.05, 0.1) is 13.9 Å². The van der Waals surface area contributed by atoms with Crippen LogP contribution in [0.4, 0.5) is 4.39 Å². The summed E-state index contributed by atoms with van der Waals surface area (Å²) in [6.45, 7) is 3.80. The first kappa shape index (κ1) is 27.4. The van der Waals surface area contributed by atoms with Crippen LogP contribution in [0.3, 0.4) is 0 Å². The molecule has 0 aliphatic heterocycles. The summed E-state index contributed by atoms with van der Waals surface area (Å²) in [4.78, 5) is 46.6. The van der Waals surface area contributed by atoms with Crippen LogP contribution in [0, 0.1) is 28.6 Å². The molecule has 3 fully saturated rings. The number of hydrogen-bond donors (Lipinski definition) is 2. The van der Waals surface area contributed by atoms with E-state index in [-0.39, 0.29) is 48.2 Å². The second kappa shape index (κ2) is 8.43. The van der Waals surface area contributed by atoms with Crippen molar-refractivity contribution >= 4 is 19.4 Å². The van der Waals surface area contributed by atoms with E-state index in [0.717, 1.165) is 0 Å². The molecule has 0 heterocycles. The number of halogens is 1. The maximum atomic E-state index is 17.0. The molecule has 0 aromatic heterocycles. The van der Waals surface area contributed by atoms with E-state index in [1.807, 2.05) is 0 Å². The van der Waals surface area contributed by atoms with Crippen molar-refractivity contribution in [1.82, 2.24) is 0 Å². The zero-order chi connectivity index (χ0) is 23.9. The van der Waals surface area contributed by atoms with E-state index in [9.17, 15) is 34.2 Å². The van der Waals surface area contributed by atoms with Gasteiger partial charge in [-0.25, -0.2) is 4.39 Å². The van der Waals surface area contributed by atoms with Gasteiger partial charge in [0, 0.05) is 16.7 Å². The summed E-state index contributed by atoms with van der Waals surface area (Å²) in [5, 5.41) is 22.8. The predicted octanol–water partition coefficient (Wildman–Crippen LogP) is -2.25. The van der Waals surface area contributed by atoms with Crippen LogP contribution in [0.5, 0.6) is 0 Å². The number of aliphatic hydroxyl groups excluding tert-OH is 1. The number of alkyl halides is 1. The molecule has 33 heavy (non-hydrogen) atoms. The Labute approximate surface area is 214 Å². The van der Waals surface area contributed by atoms with E-state index in [2.05, 4.69) is 4.52 Å². The van der Waals surface area contributed by atoms with Crippen LogP contribution in [-0.2, 0) is 18.7 Å². The minimum Gasteiger partial charge on any atom is -0.790 e. The maximum absolute atomic E-state index is 17.0. The summed E-state index contributed by atoms with van der Waals surface area (Å²) >= 11 is 0. The van der Waals surface area contributed by atoms with Crippen LogP contribution >= 0.6 is 7.82 Å². The van der Waals surface area contributed by atoms with E-state index in [0.29, 0.717) is 18.4 Å². The van der Waals surface area contributed by atoms with Gasteiger partial charge in [-0.15, -0.1) is 0 Å². The molecule has 8 nitrogen and oxygen atoms in total. The predicted molar refractivity (Wildman–Crippen MR) is 106 cm³/mol. The maximum Gasteiger partial charge on any atom is 1.00 e. The number of aliphatic hydroxyl groups is 2. The third kappa shape index (κ3) is 3.66. The fraction of sp³-hybridized carbons (Fsp3) is 0.727. The second-order valence-corrected chi connectivity index (χ2v) is 11.5. The van der Waals surface area contributed by atoms with Gasteiger partial charge in [-0.2, -0.15) is 0 Å². The van der Waals surface area contributed by atoms with Crippen molar-refractivity contribution in [2.45, 2.75) is 63.8 Å². The molecule has 0 spiro atoms. The van der Waals surface area contributed by atoms with Crippen LogP contribution in [0.25, 0.3) is 0 Å². The molecule has 0 aromatic carbocycles. The van der Waals surface area contributed by atoms with Gasteiger partial charge >= 0.3 is 29.6 Å². The van der Waals surface area contributed by atoms with E-state index in [4.69, 9.17) is 0 Å². The molecule has 0 bridgehead atoms. The molecular weight excluding hydrogens is 465 g/mol. The number of carbonyl (C=O) groups excluding carboxylic acids is 2. The number of fused-ring (bicyclic) bond motifs is 5. The first-order valence-corrected chi connectivity index (χ1v) is 12.3. The Morgan fingerprint density at radius 3 is 2.58 bits per heavy atom. The molecule has 4 rings (SSSR count). The van der Waals surface area contributed by atoms with Gasteiger partial charge in [0.1, 0.15) is 12.2 Å². The van der Waals surface area contributed by atoms with Crippen molar-refractivity contribution in [1.29, 1.82) is 0 Å². The van der Waals surface area contributed by atoms with Crippen LogP contribution in [0.15, 0.2) is 23.8 Å². The average molecular weight is 493 g/mol. The molecule has 11 heteroatoms. The van der Waals surface area contributed by atoms with Crippen molar-refractivity contribution in [3.8, 4) is 0 Å². The van der Waals surface area contributed by atoms with E-state index < -0.39 is 66.2 Å². The Morgan fingerprint density at radius 1 is 1.33 bits per heavy atom. The Hall–Kier alpha value is -0.220. The van der Waals surface area contributed by atoms with Crippen molar-refractivity contribution in [3.63, 3.8) is 0 Å². The molecule has 0 amide bonds. The number of carbonyl (C=O) groups is 2. The number of rotatable bonds is 4. The fourth-order valence-electron chi connectivity index (χ4n) is 7.39. The van der Waals surface area contributed by atoms with Crippen molar-refractivity contribution in [2.75, 3.05) is 6.61 Å². The third-order valence-corrected chi connectivity index (χ3v) is 9.45. The Morgan fingerprint density at radius 2 is 1.97 bits per heavy atom. The topological polar surface area (TPSA) is 147 Å². The summed E-state index contributed by atoms with van der Waals surface area (Å²) in [6.07, 6.45) is 3.54. The summed E-state index contributed by atoms with van der Waals surface area (Å²) in [7, 11) is -5.43. The number of Topliss-reactive ketones (excluding diaryl/α,β-unsaturated/α-hetero) is 1. The van der Waals surface area contributed by atoms with Gasteiger partial charge in [0.15, 0.2) is 17.2 Å². The molecule has 3 saturated carbocycles. The van der Waals surface area contributed by atoms with Crippen LogP contribution in [-0.4, -0.2) is 45.8 Å². The minimum atomic E-state index is -5.43. The number of hydrogen-bond acceptors (Lipinski definition) is 8. The average Bonchev–Trinajstić information content (AvgIpc) is 2.89. The van der Waals surface area contributed by atoms with Gasteiger partial charge < -0.3 is 29.1 Å². The zero-order valence-electron chi connectivity index (χ0n) is 19.2. The van der Waals surface area contributed by atoms with Crippen molar-refractivity contribution in [3.05, 3.63) is 23.8 Å². The first-order valence-electron chi connectivity index (χ1n) is 10.8. The van der Waals surface area contributed by atoms with Gasteiger partial charge in [-0.1, -0.05) is 25.5 Å². The van der Waals surface area contributed by atoms with Crippen molar-refractivity contribution < 1.29 is 72.6 Å².